The number of methoxy groups -OCH3 is 1. The Bertz CT molecular complexity index is 730. The van der Waals surface area contributed by atoms with E-state index < -0.39 is 18.5 Å². The van der Waals surface area contributed by atoms with E-state index >= 15 is 0 Å². The number of aliphatic hydroxyl groups is 1. The number of ether oxygens (including phenoxy) is 3. The van der Waals surface area contributed by atoms with E-state index in [1.807, 2.05) is 0 Å². The third-order valence-corrected chi connectivity index (χ3v) is 9.13. The van der Waals surface area contributed by atoms with Gasteiger partial charge in [-0.25, -0.2) is 9.59 Å². The van der Waals surface area contributed by atoms with Crippen LogP contribution in [-0.4, -0.2) is 50.6 Å². The number of hydrogen-bond donors (Lipinski definition) is 1. The van der Waals surface area contributed by atoms with E-state index in [-0.39, 0.29) is 36.9 Å². The molecule has 0 aromatic rings. The predicted octanol–water partition coefficient (Wildman–Crippen LogP) is 7.19. The first-order valence-electron chi connectivity index (χ1n) is 15.7. The van der Waals surface area contributed by atoms with Crippen LogP contribution in [0.15, 0.2) is 24.3 Å². The number of aliphatic hydroxyl groups excluding tert-OH is 1. The van der Waals surface area contributed by atoms with Gasteiger partial charge in [0.25, 0.3) is 0 Å². The molecule has 224 valence electrons. The van der Waals surface area contributed by atoms with Crippen LogP contribution in [0.3, 0.4) is 0 Å². The average Bonchev–Trinajstić information content (AvgIpc) is 2.96. The third kappa shape index (κ3) is 13.0. The fourth-order valence-electron chi connectivity index (χ4n) is 6.55. The first kappa shape index (κ1) is 33.5. The second kappa shape index (κ2) is 19.4. The van der Waals surface area contributed by atoms with Gasteiger partial charge in [0.05, 0.1) is 37.6 Å². The molecule has 0 radical (unpaired) electrons. The smallest absolute Gasteiger partial charge is 0.335 e. The van der Waals surface area contributed by atoms with Crippen molar-refractivity contribution in [2.45, 2.75) is 110 Å². The Labute approximate surface area is 237 Å². The number of rotatable bonds is 19. The fourth-order valence-corrected chi connectivity index (χ4v) is 6.55. The largest absolute Gasteiger partial charge is 0.462 e. The second-order valence-corrected chi connectivity index (χ2v) is 12.2. The molecule has 1 N–H and O–H groups in total. The Morgan fingerprint density at radius 1 is 0.769 bits per heavy atom. The van der Waals surface area contributed by atoms with E-state index in [1.54, 1.807) is 0 Å². The van der Waals surface area contributed by atoms with Crippen LogP contribution in [0.2, 0.25) is 0 Å². The minimum absolute atomic E-state index is 0.0230. The summed E-state index contributed by atoms with van der Waals surface area (Å²) in [6, 6.07) is 0. The number of carbonyl (C=O) groups excluding carboxylic acids is 2. The Hall–Kier alpha value is -1.66. The van der Waals surface area contributed by atoms with Crippen LogP contribution < -0.4 is 0 Å². The summed E-state index contributed by atoms with van der Waals surface area (Å²) in [4.78, 5) is 24.1. The molecule has 1 atom stereocenters. The predicted molar refractivity (Wildman–Crippen MR) is 156 cm³/mol. The highest BCUT2D eigenvalue weighted by molar-refractivity contribution is 5.88. The quantitative estimate of drug-likeness (QED) is 0.104. The molecule has 2 fully saturated rings. The van der Waals surface area contributed by atoms with Gasteiger partial charge >= 0.3 is 11.9 Å². The SMILES string of the molecule is C=C(CO)C(=O)OCC(CCCCC1CCC(C2CCC(CCCCC)CC2)CC1)COC(=O)C(=C)COC. The van der Waals surface area contributed by atoms with Crippen LogP contribution in [0.1, 0.15) is 110 Å². The molecule has 0 saturated heterocycles. The number of unbranched alkanes of at least 4 members (excludes halogenated alkanes) is 3. The molecule has 0 spiro atoms. The minimum Gasteiger partial charge on any atom is -0.462 e. The molecule has 0 bridgehead atoms. The molecule has 0 aromatic heterocycles. The van der Waals surface area contributed by atoms with Gasteiger partial charge in [0.1, 0.15) is 0 Å². The first-order valence-corrected chi connectivity index (χ1v) is 15.7. The molecule has 6 nitrogen and oxygen atoms in total. The maximum absolute atomic E-state index is 12.1. The van der Waals surface area contributed by atoms with Crippen molar-refractivity contribution >= 4 is 11.9 Å². The van der Waals surface area contributed by atoms with E-state index in [0.29, 0.717) is 0 Å². The molecule has 2 saturated carbocycles. The Morgan fingerprint density at radius 2 is 1.26 bits per heavy atom. The van der Waals surface area contributed by atoms with Gasteiger partial charge in [0, 0.05) is 13.0 Å². The van der Waals surface area contributed by atoms with Crippen molar-refractivity contribution in [3.8, 4) is 0 Å². The van der Waals surface area contributed by atoms with Gasteiger partial charge in [-0.15, -0.1) is 0 Å². The fraction of sp³-hybridized carbons (Fsp3) is 0.818. The summed E-state index contributed by atoms with van der Waals surface area (Å²) >= 11 is 0. The van der Waals surface area contributed by atoms with Gasteiger partial charge in [-0.05, 0) is 55.8 Å². The second-order valence-electron chi connectivity index (χ2n) is 12.2. The molecule has 2 aliphatic rings. The maximum Gasteiger partial charge on any atom is 0.335 e. The van der Waals surface area contributed by atoms with Gasteiger partial charge in [-0.1, -0.05) is 90.7 Å². The summed E-state index contributed by atoms with van der Waals surface area (Å²) in [7, 11) is 1.50. The molecule has 1 unspecified atom stereocenters. The maximum atomic E-state index is 12.1. The zero-order chi connectivity index (χ0) is 28.5. The molecule has 0 aromatic carbocycles. The zero-order valence-corrected chi connectivity index (χ0v) is 24.9. The highest BCUT2D eigenvalue weighted by atomic mass is 16.5. The van der Waals surface area contributed by atoms with E-state index in [4.69, 9.17) is 19.3 Å². The van der Waals surface area contributed by atoms with Crippen LogP contribution in [-0.2, 0) is 23.8 Å². The molecule has 0 amide bonds. The van der Waals surface area contributed by atoms with E-state index in [0.717, 1.165) is 42.9 Å². The standard InChI is InChI=1S/C33H56O6/c1-5-6-7-10-27-13-17-30(18-14-27)31-19-15-28(16-20-31)11-8-9-12-29(23-38-32(35)25(2)21-34)24-39-33(36)26(3)22-37-4/h27-31,34H,2-3,5-24H2,1,4H3. The number of esters is 2. The van der Waals surface area contributed by atoms with Crippen LogP contribution in [0.25, 0.3) is 0 Å². The molecule has 2 aliphatic carbocycles. The molecule has 39 heavy (non-hydrogen) atoms. The van der Waals surface area contributed by atoms with Crippen molar-refractivity contribution in [2.24, 2.45) is 29.6 Å². The van der Waals surface area contributed by atoms with Crippen LogP contribution in [0, 0.1) is 29.6 Å². The van der Waals surface area contributed by atoms with Crippen LogP contribution >= 0.6 is 0 Å². The highest BCUT2D eigenvalue weighted by Crippen LogP contribution is 2.43. The van der Waals surface area contributed by atoms with E-state index in [9.17, 15) is 9.59 Å². The average molecular weight is 549 g/mol. The number of hydrogen-bond acceptors (Lipinski definition) is 6. The summed E-state index contributed by atoms with van der Waals surface area (Å²) in [5.41, 5.74) is 0.285. The molecule has 6 heteroatoms. The van der Waals surface area contributed by atoms with Crippen molar-refractivity contribution in [2.75, 3.05) is 33.5 Å². The lowest BCUT2D eigenvalue weighted by Crippen LogP contribution is -2.26. The number of carbonyl (C=O) groups is 2. The first-order chi connectivity index (χ1) is 18.9. The van der Waals surface area contributed by atoms with Crippen LogP contribution in [0.5, 0.6) is 0 Å². The van der Waals surface area contributed by atoms with Crippen molar-refractivity contribution in [1.29, 1.82) is 0 Å². The van der Waals surface area contributed by atoms with Crippen molar-refractivity contribution in [3.63, 3.8) is 0 Å². The molecular formula is C33H56O6. The normalized spacial score (nSPS) is 24.1. The highest BCUT2D eigenvalue weighted by Gasteiger charge is 2.30. The molecule has 2 rings (SSSR count). The summed E-state index contributed by atoms with van der Waals surface area (Å²) in [6.07, 6.45) is 21.2. The summed E-state index contributed by atoms with van der Waals surface area (Å²) < 4.78 is 15.7. The van der Waals surface area contributed by atoms with Gasteiger partial charge in [-0.3, -0.25) is 0 Å². The minimum atomic E-state index is -0.612. The summed E-state index contributed by atoms with van der Waals surface area (Å²) in [6.45, 7) is 9.48. The molecular weight excluding hydrogens is 492 g/mol. The summed E-state index contributed by atoms with van der Waals surface area (Å²) in [5, 5.41) is 9.10. The molecule has 0 heterocycles. The lowest BCUT2D eigenvalue weighted by Gasteiger charge is -2.38. The van der Waals surface area contributed by atoms with Gasteiger partial charge in [0.2, 0.25) is 0 Å². The lowest BCUT2D eigenvalue weighted by atomic mass is 9.68. The van der Waals surface area contributed by atoms with Crippen LogP contribution in [0.4, 0.5) is 0 Å². The summed E-state index contributed by atoms with van der Waals surface area (Å²) in [5.74, 6) is 2.54. The van der Waals surface area contributed by atoms with Crippen molar-refractivity contribution < 1.29 is 28.9 Å². The van der Waals surface area contributed by atoms with Crippen molar-refractivity contribution in [1.82, 2.24) is 0 Å². The van der Waals surface area contributed by atoms with Gasteiger partial charge in [-0.2, -0.15) is 0 Å². The Kier molecular flexibility index (Phi) is 16.7. The lowest BCUT2D eigenvalue weighted by molar-refractivity contribution is -0.144. The van der Waals surface area contributed by atoms with E-state index in [1.165, 1.54) is 90.6 Å². The third-order valence-electron chi connectivity index (χ3n) is 9.13. The zero-order valence-electron chi connectivity index (χ0n) is 24.9. The topological polar surface area (TPSA) is 82.1 Å². The monoisotopic (exact) mass is 548 g/mol. The molecule has 0 aliphatic heterocycles. The van der Waals surface area contributed by atoms with E-state index in [2.05, 4.69) is 20.1 Å². The van der Waals surface area contributed by atoms with Crippen molar-refractivity contribution in [3.05, 3.63) is 24.3 Å². The Morgan fingerprint density at radius 3 is 1.72 bits per heavy atom. The Balaban J connectivity index is 1.67. The van der Waals surface area contributed by atoms with Gasteiger partial charge < -0.3 is 19.3 Å². The van der Waals surface area contributed by atoms with Gasteiger partial charge in [0.15, 0.2) is 0 Å².